The van der Waals surface area contributed by atoms with E-state index < -0.39 is 0 Å². The predicted molar refractivity (Wildman–Crippen MR) is 131 cm³/mol. The zero-order chi connectivity index (χ0) is 22.5. The first-order valence-electron chi connectivity index (χ1n) is 10.9. The number of hydrogen-bond donors (Lipinski definition) is 1. The highest BCUT2D eigenvalue weighted by atomic mass is 16.1. The molecule has 1 amide bonds. The first kappa shape index (κ1) is 21.7. The molecule has 0 saturated heterocycles. The summed E-state index contributed by atoms with van der Waals surface area (Å²) in [5.41, 5.74) is 7.37. The van der Waals surface area contributed by atoms with Gasteiger partial charge in [0.25, 0.3) is 0 Å². The van der Waals surface area contributed by atoms with Gasteiger partial charge in [-0.05, 0) is 54.9 Å². The molecule has 1 N–H and O–H groups in total. The number of pyridine rings is 1. The molecule has 4 aromatic rings. The van der Waals surface area contributed by atoms with E-state index in [1.807, 2.05) is 49.4 Å². The van der Waals surface area contributed by atoms with Gasteiger partial charge in [-0.25, -0.2) is 0 Å². The minimum atomic E-state index is 0.000347. The van der Waals surface area contributed by atoms with Crippen molar-refractivity contribution >= 4 is 16.8 Å². The van der Waals surface area contributed by atoms with Crippen molar-refractivity contribution < 1.29 is 4.79 Å². The fourth-order valence-corrected chi connectivity index (χ4v) is 4.15. The van der Waals surface area contributed by atoms with Gasteiger partial charge in [0, 0.05) is 24.2 Å². The highest BCUT2D eigenvalue weighted by Gasteiger charge is 2.17. The highest BCUT2D eigenvalue weighted by molar-refractivity contribution is 5.98. The molecule has 4 nitrogen and oxygen atoms in total. The van der Waals surface area contributed by atoms with Crippen LogP contribution in [0.3, 0.4) is 0 Å². The molecule has 0 radical (unpaired) electrons. The van der Waals surface area contributed by atoms with E-state index in [1.165, 1.54) is 5.56 Å². The van der Waals surface area contributed by atoms with Gasteiger partial charge in [-0.15, -0.1) is 0 Å². The fraction of sp³-hybridized carbons (Fsp3) is 0.214. The number of fused-ring (bicyclic) bond motifs is 1. The number of benzene rings is 3. The summed E-state index contributed by atoms with van der Waals surface area (Å²) < 4.78 is 0. The largest absolute Gasteiger partial charge is 0.352 e. The lowest BCUT2D eigenvalue weighted by atomic mass is 9.92. The summed E-state index contributed by atoms with van der Waals surface area (Å²) in [4.78, 5) is 19.9. The first-order valence-corrected chi connectivity index (χ1v) is 10.9. The first-order chi connectivity index (χ1) is 15.5. The summed E-state index contributed by atoms with van der Waals surface area (Å²) in [7, 11) is 4.11. The molecule has 0 saturated carbocycles. The maximum atomic E-state index is 13.0. The van der Waals surface area contributed by atoms with E-state index in [-0.39, 0.29) is 5.91 Å². The maximum absolute atomic E-state index is 13.0. The Labute approximate surface area is 189 Å². The lowest BCUT2D eigenvalue weighted by molar-refractivity contribution is -0.120. The lowest BCUT2D eigenvalue weighted by Gasteiger charge is -2.16. The van der Waals surface area contributed by atoms with Crippen LogP contribution in [0.2, 0.25) is 0 Å². The molecule has 162 valence electrons. The molecule has 0 aliphatic heterocycles. The second kappa shape index (κ2) is 9.75. The molecule has 0 aliphatic carbocycles. The molecule has 0 bridgehead atoms. The molecule has 0 atom stereocenters. The number of aromatic nitrogens is 1. The SMILES string of the molecule is Cc1nc2ccccc2c(-c2ccccc2)c1CC(=O)NCc1cccc(CN(C)C)c1. The number of aryl methyl sites for hydroxylation is 1. The van der Waals surface area contributed by atoms with Gasteiger partial charge in [-0.2, -0.15) is 0 Å². The van der Waals surface area contributed by atoms with Crippen LogP contribution in [0.5, 0.6) is 0 Å². The summed E-state index contributed by atoms with van der Waals surface area (Å²) in [5, 5.41) is 4.17. The van der Waals surface area contributed by atoms with Gasteiger partial charge in [0.1, 0.15) is 0 Å². The van der Waals surface area contributed by atoms with Crippen LogP contribution in [0, 0.1) is 6.92 Å². The Balaban J connectivity index is 1.59. The number of hydrogen-bond acceptors (Lipinski definition) is 3. The minimum Gasteiger partial charge on any atom is -0.352 e. The third kappa shape index (κ3) is 5.04. The zero-order valence-electron chi connectivity index (χ0n) is 18.9. The van der Waals surface area contributed by atoms with E-state index in [1.54, 1.807) is 0 Å². The van der Waals surface area contributed by atoms with Crippen molar-refractivity contribution in [1.82, 2.24) is 15.2 Å². The van der Waals surface area contributed by atoms with Crippen molar-refractivity contribution in [2.45, 2.75) is 26.4 Å². The van der Waals surface area contributed by atoms with Gasteiger partial charge in [0.2, 0.25) is 5.91 Å². The lowest BCUT2D eigenvalue weighted by Crippen LogP contribution is -2.25. The number of rotatable bonds is 7. The third-order valence-corrected chi connectivity index (χ3v) is 5.58. The highest BCUT2D eigenvalue weighted by Crippen LogP contribution is 2.33. The molecule has 0 unspecified atom stereocenters. The smallest absolute Gasteiger partial charge is 0.224 e. The average molecular weight is 424 g/mol. The zero-order valence-corrected chi connectivity index (χ0v) is 18.9. The fourth-order valence-electron chi connectivity index (χ4n) is 4.15. The van der Waals surface area contributed by atoms with Gasteiger partial charge < -0.3 is 10.2 Å². The van der Waals surface area contributed by atoms with Crippen LogP contribution in [-0.4, -0.2) is 29.9 Å². The number of nitrogens with zero attached hydrogens (tertiary/aromatic N) is 2. The molecule has 0 spiro atoms. The Bertz CT molecular complexity index is 1230. The molecule has 3 aromatic carbocycles. The van der Waals surface area contributed by atoms with Gasteiger partial charge in [0.15, 0.2) is 0 Å². The van der Waals surface area contributed by atoms with Crippen molar-refractivity contribution in [3.8, 4) is 11.1 Å². The molecule has 4 heteroatoms. The van der Waals surface area contributed by atoms with Gasteiger partial charge in [-0.3, -0.25) is 9.78 Å². The van der Waals surface area contributed by atoms with E-state index in [2.05, 4.69) is 60.7 Å². The molecule has 32 heavy (non-hydrogen) atoms. The van der Waals surface area contributed by atoms with E-state index in [4.69, 9.17) is 4.98 Å². The molecular weight excluding hydrogens is 394 g/mol. The van der Waals surface area contributed by atoms with Gasteiger partial charge in [0.05, 0.1) is 11.9 Å². The Morgan fingerprint density at radius 1 is 0.906 bits per heavy atom. The molecule has 4 rings (SSSR count). The van der Waals surface area contributed by atoms with Crippen LogP contribution in [0.15, 0.2) is 78.9 Å². The molecule has 0 aliphatic rings. The number of para-hydroxylation sites is 1. The summed E-state index contributed by atoms with van der Waals surface area (Å²) in [6, 6.07) is 26.8. The van der Waals surface area contributed by atoms with Crippen molar-refractivity contribution in [3.05, 3.63) is 101 Å². The summed E-state index contributed by atoms with van der Waals surface area (Å²) in [5.74, 6) is 0.000347. The van der Waals surface area contributed by atoms with Crippen LogP contribution in [0.25, 0.3) is 22.0 Å². The number of carbonyl (C=O) groups excluding carboxylic acids is 1. The Morgan fingerprint density at radius 3 is 2.41 bits per heavy atom. The summed E-state index contributed by atoms with van der Waals surface area (Å²) in [6.45, 7) is 3.39. The van der Waals surface area contributed by atoms with Crippen LogP contribution in [-0.2, 0) is 24.3 Å². The quantitative estimate of drug-likeness (QED) is 0.448. The summed E-state index contributed by atoms with van der Waals surface area (Å²) in [6.07, 6.45) is 0.297. The van der Waals surface area contributed by atoms with E-state index in [9.17, 15) is 4.79 Å². The second-order valence-corrected chi connectivity index (χ2v) is 8.45. The van der Waals surface area contributed by atoms with Crippen LogP contribution >= 0.6 is 0 Å². The average Bonchev–Trinajstić information content (AvgIpc) is 2.78. The number of amides is 1. The predicted octanol–water partition coefficient (Wildman–Crippen LogP) is 5.13. The van der Waals surface area contributed by atoms with Crippen LogP contribution < -0.4 is 5.32 Å². The van der Waals surface area contributed by atoms with Gasteiger partial charge >= 0.3 is 0 Å². The van der Waals surface area contributed by atoms with Crippen LogP contribution in [0.1, 0.15) is 22.4 Å². The molecule has 0 fully saturated rings. The Hall–Kier alpha value is -3.50. The second-order valence-electron chi connectivity index (χ2n) is 8.45. The van der Waals surface area contributed by atoms with Crippen LogP contribution in [0.4, 0.5) is 0 Å². The molecule has 1 heterocycles. The minimum absolute atomic E-state index is 0.000347. The Kier molecular flexibility index (Phi) is 6.62. The topological polar surface area (TPSA) is 45.2 Å². The normalized spacial score (nSPS) is 11.1. The summed E-state index contributed by atoms with van der Waals surface area (Å²) >= 11 is 0. The van der Waals surface area contributed by atoms with E-state index >= 15 is 0 Å². The Morgan fingerprint density at radius 2 is 1.62 bits per heavy atom. The third-order valence-electron chi connectivity index (χ3n) is 5.58. The van der Waals surface area contributed by atoms with Crippen molar-refractivity contribution in [2.24, 2.45) is 0 Å². The molecule has 1 aromatic heterocycles. The standard InChI is InChI=1S/C28H29N3O/c1-20-25(17-27(32)29-18-21-10-9-11-22(16-21)19-31(2)3)28(23-12-5-4-6-13-23)24-14-7-8-15-26(24)30-20/h4-16H,17-19H2,1-3H3,(H,29,32). The maximum Gasteiger partial charge on any atom is 0.224 e. The van der Waals surface area contributed by atoms with E-state index in [0.29, 0.717) is 13.0 Å². The molecular formula is C28H29N3O. The number of nitrogens with one attached hydrogen (secondary N) is 1. The van der Waals surface area contributed by atoms with Crippen molar-refractivity contribution in [3.63, 3.8) is 0 Å². The number of carbonyl (C=O) groups is 1. The monoisotopic (exact) mass is 423 g/mol. The van der Waals surface area contributed by atoms with Crippen molar-refractivity contribution in [2.75, 3.05) is 14.1 Å². The van der Waals surface area contributed by atoms with Crippen molar-refractivity contribution in [1.29, 1.82) is 0 Å². The van der Waals surface area contributed by atoms with E-state index in [0.717, 1.165) is 45.4 Å². The van der Waals surface area contributed by atoms with Gasteiger partial charge in [-0.1, -0.05) is 72.8 Å².